The Hall–Kier alpha value is -1.59. The number of nitrogens with one attached hydrogen (secondary N) is 1. The van der Waals surface area contributed by atoms with Gasteiger partial charge in [-0.1, -0.05) is 25.1 Å². The van der Waals surface area contributed by atoms with Crippen LogP contribution in [0.4, 0.5) is 0 Å². The summed E-state index contributed by atoms with van der Waals surface area (Å²) in [5.41, 5.74) is 5.89. The molecule has 3 rings (SSSR count). The standard InChI is InChI=1S/C14H18N2O3/c1-8-6-14(8,15)13(18)16-10-7-19-11-5-3-2-4-9(11)12(10)17/h2-5,8,10,12,17H,6-7,15H2,1H3,(H,16,18)/t8-,10-,12-,14-/m1/s1. The number of para-hydroxylation sites is 1. The summed E-state index contributed by atoms with van der Waals surface area (Å²) in [7, 11) is 0. The second kappa shape index (κ2) is 4.21. The lowest BCUT2D eigenvalue weighted by Crippen LogP contribution is -2.52. The average molecular weight is 262 g/mol. The van der Waals surface area contributed by atoms with Crippen LogP contribution in [0.1, 0.15) is 25.0 Å². The van der Waals surface area contributed by atoms with Crippen LogP contribution in [0.2, 0.25) is 0 Å². The molecular weight excluding hydrogens is 244 g/mol. The lowest BCUT2D eigenvalue weighted by Gasteiger charge is -2.31. The first-order valence-corrected chi connectivity index (χ1v) is 6.52. The molecule has 2 aliphatic rings. The minimum Gasteiger partial charge on any atom is -0.491 e. The fourth-order valence-corrected chi connectivity index (χ4v) is 2.53. The Bertz CT molecular complexity index is 519. The Morgan fingerprint density at radius 1 is 1.53 bits per heavy atom. The van der Waals surface area contributed by atoms with Gasteiger partial charge in [-0.15, -0.1) is 0 Å². The number of ether oxygens (including phenoxy) is 1. The quantitative estimate of drug-likeness (QED) is 0.717. The molecule has 1 aromatic rings. The van der Waals surface area contributed by atoms with Crippen LogP contribution in [-0.4, -0.2) is 29.2 Å². The van der Waals surface area contributed by atoms with Crippen LogP contribution in [0.3, 0.4) is 0 Å². The summed E-state index contributed by atoms with van der Waals surface area (Å²) in [4.78, 5) is 12.1. The normalized spacial score (nSPS) is 36.1. The highest BCUT2D eigenvalue weighted by Gasteiger charge is 2.54. The van der Waals surface area contributed by atoms with Gasteiger partial charge < -0.3 is 20.9 Å². The summed E-state index contributed by atoms with van der Waals surface area (Å²) >= 11 is 0. The largest absolute Gasteiger partial charge is 0.491 e. The summed E-state index contributed by atoms with van der Waals surface area (Å²) in [6, 6.07) is 6.85. The van der Waals surface area contributed by atoms with Gasteiger partial charge in [-0.05, 0) is 18.4 Å². The van der Waals surface area contributed by atoms with Crippen molar-refractivity contribution >= 4 is 5.91 Å². The van der Waals surface area contributed by atoms with Crippen molar-refractivity contribution in [3.05, 3.63) is 29.8 Å². The molecule has 1 saturated carbocycles. The third kappa shape index (κ3) is 1.99. The number of carbonyl (C=O) groups is 1. The number of aliphatic hydroxyl groups excluding tert-OH is 1. The van der Waals surface area contributed by atoms with E-state index in [9.17, 15) is 9.90 Å². The van der Waals surface area contributed by atoms with E-state index >= 15 is 0 Å². The molecule has 4 atom stereocenters. The van der Waals surface area contributed by atoms with Crippen LogP contribution < -0.4 is 15.8 Å². The van der Waals surface area contributed by atoms with Gasteiger partial charge in [0.1, 0.15) is 18.5 Å². The van der Waals surface area contributed by atoms with Crippen LogP contribution in [0.15, 0.2) is 24.3 Å². The maximum Gasteiger partial charge on any atom is 0.240 e. The first-order chi connectivity index (χ1) is 9.02. The van der Waals surface area contributed by atoms with Gasteiger partial charge in [0.2, 0.25) is 5.91 Å². The Balaban J connectivity index is 1.73. The predicted octanol–water partition coefficient (Wildman–Crippen LogP) is 0.335. The van der Waals surface area contributed by atoms with E-state index in [4.69, 9.17) is 10.5 Å². The zero-order chi connectivity index (χ0) is 13.6. The molecule has 1 amide bonds. The molecule has 19 heavy (non-hydrogen) atoms. The number of hydrogen-bond donors (Lipinski definition) is 3. The minimum atomic E-state index is -0.767. The summed E-state index contributed by atoms with van der Waals surface area (Å²) in [5, 5.41) is 13.1. The van der Waals surface area contributed by atoms with Gasteiger partial charge in [-0.2, -0.15) is 0 Å². The van der Waals surface area contributed by atoms with Crippen LogP contribution in [-0.2, 0) is 4.79 Å². The van der Waals surface area contributed by atoms with Crippen LogP contribution in [0.25, 0.3) is 0 Å². The van der Waals surface area contributed by atoms with Gasteiger partial charge in [-0.3, -0.25) is 4.79 Å². The molecule has 0 aromatic heterocycles. The van der Waals surface area contributed by atoms with Crippen LogP contribution >= 0.6 is 0 Å². The molecule has 1 aliphatic heterocycles. The minimum absolute atomic E-state index is 0.196. The van der Waals surface area contributed by atoms with Gasteiger partial charge in [0.25, 0.3) is 0 Å². The monoisotopic (exact) mass is 262 g/mol. The zero-order valence-corrected chi connectivity index (χ0v) is 10.8. The van der Waals surface area contributed by atoms with Crippen molar-refractivity contribution < 1.29 is 14.6 Å². The maximum atomic E-state index is 12.1. The number of amides is 1. The summed E-state index contributed by atoms with van der Waals surface area (Å²) < 4.78 is 5.55. The Labute approximate surface area is 111 Å². The Morgan fingerprint density at radius 2 is 2.21 bits per heavy atom. The lowest BCUT2D eigenvalue weighted by atomic mass is 9.98. The molecule has 0 unspecified atom stereocenters. The van der Waals surface area contributed by atoms with Crippen molar-refractivity contribution in [1.82, 2.24) is 5.32 Å². The van der Waals surface area contributed by atoms with Crippen molar-refractivity contribution in [3.8, 4) is 5.75 Å². The molecule has 5 heteroatoms. The molecule has 1 aliphatic carbocycles. The highest BCUT2D eigenvalue weighted by atomic mass is 16.5. The zero-order valence-electron chi connectivity index (χ0n) is 10.8. The number of nitrogens with two attached hydrogens (primary N) is 1. The maximum absolute atomic E-state index is 12.1. The van der Waals surface area contributed by atoms with Gasteiger partial charge in [0.15, 0.2) is 0 Å². The highest BCUT2D eigenvalue weighted by Crippen LogP contribution is 2.41. The van der Waals surface area contributed by atoms with Crippen LogP contribution in [0.5, 0.6) is 5.75 Å². The average Bonchev–Trinajstić information content (AvgIpc) is 3.02. The molecule has 5 nitrogen and oxygen atoms in total. The third-order valence-electron chi connectivity index (χ3n) is 4.14. The van der Waals surface area contributed by atoms with Crippen molar-refractivity contribution in [2.24, 2.45) is 11.7 Å². The second-order valence-corrected chi connectivity index (χ2v) is 5.52. The van der Waals surface area contributed by atoms with E-state index in [1.54, 1.807) is 6.07 Å². The Kier molecular flexibility index (Phi) is 2.76. The molecule has 1 heterocycles. The lowest BCUT2D eigenvalue weighted by molar-refractivity contribution is -0.125. The first kappa shape index (κ1) is 12.4. The molecule has 1 aromatic carbocycles. The molecule has 102 valence electrons. The van der Waals surface area contributed by atoms with E-state index in [0.717, 1.165) is 0 Å². The number of aliphatic hydroxyl groups is 1. The van der Waals surface area contributed by atoms with E-state index in [0.29, 0.717) is 17.7 Å². The molecule has 0 spiro atoms. The van der Waals surface area contributed by atoms with Gasteiger partial charge >= 0.3 is 0 Å². The molecule has 0 bridgehead atoms. The predicted molar refractivity (Wildman–Crippen MR) is 69.5 cm³/mol. The topological polar surface area (TPSA) is 84.6 Å². The fraction of sp³-hybridized carbons (Fsp3) is 0.500. The summed E-state index contributed by atoms with van der Waals surface area (Å²) in [5.74, 6) is 0.663. The van der Waals surface area contributed by atoms with E-state index in [1.165, 1.54) is 0 Å². The third-order valence-corrected chi connectivity index (χ3v) is 4.14. The molecule has 1 fully saturated rings. The molecule has 4 N–H and O–H groups in total. The number of carbonyl (C=O) groups excluding carboxylic acids is 1. The highest BCUT2D eigenvalue weighted by molar-refractivity contribution is 5.90. The molecule has 0 radical (unpaired) electrons. The van der Waals surface area contributed by atoms with Crippen molar-refractivity contribution in [3.63, 3.8) is 0 Å². The summed E-state index contributed by atoms with van der Waals surface area (Å²) in [6.45, 7) is 2.21. The van der Waals surface area contributed by atoms with E-state index in [2.05, 4.69) is 5.32 Å². The van der Waals surface area contributed by atoms with E-state index < -0.39 is 17.7 Å². The van der Waals surface area contributed by atoms with Crippen molar-refractivity contribution in [2.75, 3.05) is 6.61 Å². The van der Waals surface area contributed by atoms with E-state index in [-0.39, 0.29) is 18.4 Å². The van der Waals surface area contributed by atoms with E-state index in [1.807, 2.05) is 25.1 Å². The fourth-order valence-electron chi connectivity index (χ4n) is 2.53. The van der Waals surface area contributed by atoms with Gasteiger partial charge in [0.05, 0.1) is 11.6 Å². The number of fused-ring (bicyclic) bond motifs is 1. The smallest absolute Gasteiger partial charge is 0.240 e. The van der Waals surface area contributed by atoms with Gasteiger partial charge in [-0.25, -0.2) is 0 Å². The van der Waals surface area contributed by atoms with Crippen molar-refractivity contribution in [1.29, 1.82) is 0 Å². The number of benzene rings is 1. The van der Waals surface area contributed by atoms with Gasteiger partial charge in [0, 0.05) is 5.56 Å². The SMILES string of the molecule is C[C@@H]1C[C@]1(N)C(=O)N[C@@H]1COc2ccccc2[C@H]1O. The second-order valence-electron chi connectivity index (χ2n) is 5.52. The molecular formula is C14H18N2O3. The van der Waals surface area contributed by atoms with Crippen molar-refractivity contribution in [2.45, 2.75) is 31.0 Å². The summed E-state index contributed by atoms with van der Waals surface area (Å²) in [6.07, 6.45) is -0.0643. The number of hydrogen-bond acceptors (Lipinski definition) is 4. The molecule has 0 saturated heterocycles. The Morgan fingerprint density at radius 3 is 2.89 bits per heavy atom. The number of rotatable bonds is 2. The van der Waals surface area contributed by atoms with Crippen LogP contribution in [0, 0.1) is 5.92 Å². The first-order valence-electron chi connectivity index (χ1n) is 6.52.